The van der Waals surface area contributed by atoms with E-state index in [2.05, 4.69) is 22.7 Å². The molecule has 1 heterocycles. The van der Waals surface area contributed by atoms with Crippen LogP contribution < -0.4 is 10.6 Å². The predicted molar refractivity (Wildman–Crippen MR) is 96.6 cm³/mol. The van der Waals surface area contributed by atoms with Gasteiger partial charge in [0.1, 0.15) is 5.82 Å². The summed E-state index contributed by atoms with van der Waals surface area (Å²) >= 11 is 0. The van der Waals surface area contributed by atoms with E-state index >= 15 is 0 Å². The van der Waals surface area contributed by atoms with E-state index in [0.29, 0.717) is 11.5 Å². The highest BCUT2D eigenvalue weighted by Crippen LogP contribution is 2.17. The molecule has 0 radical (unpaired) electrons. The van der Waals surface area contributed by atoms with Crippen molar-refractivity contribution >= 4 is 17.5 Å². The van der Waals surface area contributed by atoms with E-state index in [1.807, 2.05) is 41.1 Å². The number of aromatic nitrogens is 2. The molecule has 1 aromatic heterocycles. The Kier molecular flexibility index (Phi) is 5.09. The molecule has 0 saturated heterocycles. The first-order valence-corrected chi connectivity index (χ1v) is 8.13. The number of hydrogen-bond donors (Lipinski definition) is 2. The van der Waals surface area contributed by atoms with Crippen molar-refractivity contribution in [3.05, 3.63) is 72.2 Å². The van der Waals surface area contributed by atoms with Crippen molar-refractivity contribution in [1.29, 1.82) is 0 Å². The molecule has 0 unspecified atom stereocenters. The summed E-state index contributed by atoms with van der Waals surface area (Å²) in [7, 11) is 0. The molecule has 0 atom stereocenters. The van der Waals surface area contributed by atoms with Gasteiger partial charge in [0.05, 0.1) is 5.69 Å². The van der Waals surface area contributed by atoms with Crippen LogP contribution in [-0.2, 0) is 6.42 Å². The van der Waals surface area contributed by atoms with Crippen LogP contribution in [0.2, 0.25) is 0 Å². The summed E-state index contributed by atoms with van der Waals surface area (Å²) in [5.74, 6) is 0.115. The molecule has 0 fully saturated rings. The Bertz CT molecular complexity index is 844. The first-order chi connectivity index (χ1) is 12.2. The van der Waals surface area contributed by atoms with Gasteiger partial charge in [-0.3, -0.25) is 5.32 Å². The van der Waals surface area contributed by atoms with Gasteiger partial charge in [-0.05, 0) is 42.8 Å². The van der Waals surface area contributed by atoms with Crippen LogP contribution in [0.15, 0.2) is 60.7 Å². The highest BCUT2D eigenvalue weighted by molar-refractivity contribution is 5.99. The predicted octanol–water partition coefficient (Wildman–Crippen LogP) is 4.61. The van der Waals surface area contributed by atoms with E-state index in [1.165, 1.54) is 24.3 Å². The Morgan fingerprint density at radius 1 is 1.08 bits per heavy atom. The number of amides is 2. The van der Waals surface area contributed by atoms with E-state index < -0.39 is 6.03 Å². The molecule has 6 heteroatoms. The summed E-state index contributed by atoms with van der Waals surface area (Å²) in [6.07, 6.45) is 1.82. The van der Waals surface area contributed by atoms with Crippen LogP contribution in [0.25, 0.3) is 5.69 Å². The van der Waals surface area contributed by atoms with E-state index in [0.717, 1.165) is 24.2 Å². The Balaban J connectivity index is 1.76. The average molecular weight is 338 g/mol. The van der Waals surface area contributed by atoms with E-state index in [-0.39, 0.29) is 5.82 Å². The second-order valence-corrected chi connectivity index (χ2v) is 5.60. The van der Waals surface area contributed by atoms with Crippen molar-refractivity contribution in [2.75, 3.05) is 10.6 Å². The minimum Gasteiger partial charge on any atom is -0.308 e. The molecule has 0 aliphatic carbocycles. The number of nitrogens with zero attached hydrogens (tertiary/aromatic N) is 2. The summed E-state index contributed by atoms with van der Waals surface area (Å²) in [5.41, 5.74) is 2.47. The van der Waals surface area contributed by atoms with Crippen LogP contribution in [0.3, 0.4) is 0 Å². The maximum Gasteiger partial charge on any atom is 0.324 e. The van der Waals surface area contributed by atoms with Crippen LogP contribution in [0.1, 0.15) is 19.0 Å². The summed E-state index contributed by atoms with van der Waals surface area (Å²) in [6.45, 7) is 2.09. The van der Waals surface area contributed by atoms with Crippen molar-refractivity contribution in [3.8, 4) is 5.69 Å². The lowest BCUT2D eigenvalue weighted by Gasteiger charge is -2.06. The minimum absolute atomic E-state index is 0.350. The van der Waals surface area contributed by atoms with Crippen molar-refractivity contribution < 1.29 is 9.18 Å². The molecule has 0 aliphatic rings. The molecule has 0 aliphatic heterocycles. The molecule has 128 valence electrons. The van der Waals surface area contributed by atoms with Crippen LogP contribution in [0.5, 0.6) is 0 Å². The summed E-state index contributed by atoms with van der Waals surface area (Å²) in [5, 5.41) is 9.85. The summed E-state index contributed by atoms with van der Waals surface area (Å²) in [4.78, 5) is 12.1. The average Bonchev–Trinajstić information content (AvgIpc) is 3.00. The zero-order chi connectivity index (χ0) is 17.6. The molecule has 5 nitrogen and oxygen atoms in total. The van der Waals surface area contributed by atoms with Crippen LogP contribution >= 0.6 is 0 Å². The first-order valence-electron chi connectivity index (χ1n) is 8.13. The second-order valence-electron chi connectivity index (χ2n) is 5.60. The molecular weight excluding hydrogens is 319 g/mol. The molecule has 0 bridgehead atoms. The number of aryl methyl sites for hydroxylation is 1. The number of rotatable bonds is 5. The highest BCUT2D eigenvalue weighted by atomic mass is 19.1. The lowest BCUT2D eigenvalue weighted by molar-refractivity contribution is 0.262. The van der Waals surface area contributed by atoms with Crippen LogP contribution in [0.4, 0.5) is 20.7 Å². The molecule has 0 saturated carbocycles. The largest absolute Gasteiger partial charge is 0.324 e. The fraction of sp³-hybridized carbons (Fsp3) is 0.158. The normalized spacial score (nSPS) is 10.5. The zero-order valence-electron chi connectivity index (χ0n) is 13.9. The molecule has 2 aromatic carbocycles. The number of urea groups is 1. The van der Waals surface area contributed by atoms with Crippen molar-refractivity contribution in [3.63, 3.8) is 0 Å². The topological polar surface area (TPSA) is 59.0 Å². The molecular formula is C19H19FN4O. The molecule has 3 aromatic rings. The number of para-hydroxylation sites is 1. The quantitative estimate of drug-likeness (QED) is 0.714. The Labute approximate surface area is 145 Å². The van der Waals surface area contributed by atoms with E-state index in [4.69, 9.17) is 0 Å². The van der Waals surface area contributed by atoms with Gasteiger partial charge < -0.3 is 5.32 Å². The highest BCUT2D eigenvalue weighted by Gasteiger charge is 2.11. The zero-order valence-corrected chi connectivity index (χ0v) is 13.9. The third-order valence-electron chi connectivity index (χ3n) is 3.63. The lowest BCUT2D eigenvalue weighted by Crippen LogP contribution is -2.19. The minimum atomic E-state index is -0.424. The number of hydrogen-bond acceptors (Lipinski definition) is 2. The van der Waals surface area contributed by atoms with E-state index in [9.17, 15) is 9.18 Å². The van der Waals surface area contributed by atoms with Crippen molar-refractivity contribution in [1.82, 2.24) is 9.78 Å². The third kappa shape index (κ3) is 4.23. The number of halogens is 1. The van der Waals surface area contributed by atoms with Gasteiger partial charge in [0.2, 0.25) is 0 Å². The number of carbonyl (C=O) groups excluding carboxylic acids is 1. The fourth-order valence-corrected chi connectivity index (χ4v) is 2.52. The van der Waals surface area contributed by atoms with Gasteiger partial charge in [0.25, 0.3) is 0 Å². The maximum atomic E-state index is 12.9. The first kappa shape index (κ1) is 16.7. The number of carbonyl (C=O) groups is 1. The van der Waals surface area contributed by atoms with E-state index in [1.54, 1.807) is 0 Å². The van der Waals surface area contributed by atoms with Gasteiger partial charge >= 0.3 is 6.03 Å². The summed E-state index contributed by atoms with van der Waals surface area (Å²) in [6, 6.07) is 16.8. The van der Waals surface area contributed by atoms with Gasteiger partial charge in [-0.2, -0.15) is 0 Å². The van der Waals surface area contributed by atoms with Gasteiger partial charge in [0, 0.05) is 17.4 Å². The van der Waals surface area contributed by atoms with Gasteiger partial charge in [-0.1, -0.05) is 31.5 Å². The maximum absolute atomic E-state index is 12.9. The number of nitrogens with one attached hydrogen (secondary N) is 2. The number of benzene rings is 2. The molecule has 2 N–H and O–H groups in total. The molecule has 3 rings (SSSR count). The Hall–Kier alpha value is -3.15. The standard InChI is InChI=1S/C19H19FN4O/c1-2-6-17-13-18(23-24(17)16-7-4-3-5-8-16)22-19(25)21-15-11-9-14(20)10-12-15/h3-5,7-13H,2,6H2,1H3,(H2,21,22,23,25). The summed E-state index contributed by atoms with van der Waals surface area (Å²) < 4.78 is 14.7. The fourth-order valence-electron chi connectivity index (χ4n) is 2.52. The van der Waals surface area contributed by atoms with Gasteiger partial charge in [-0.25, -0.2) is 13.9 Å². The van der Waals surface area contributed by atoms with Crippen molar-refractivity contribution in [2.45, 2.75) is 19.8 Å². The SMILES string of the molecule is CCCc1cc(NC(=O)Nc2ccc(F)cc2)nn1-c1ccccc1. The monoisotopic (exact) mass is 338 g/mol. The second kappa shape index (κ2) is 7.61. The smallest absolute Gasteiger partial charge is 0.308 e. The van der Waals surface area contributed by atoms with Crippen LogP contribution in [0, 0.1) is 5.82 Å². The van der Waals surface area contributed by atoms with Gasteiger partial charge in [0.15, 0.2) is 5.82 Å². The van der Waals surface area contributed by atoms with Gasteiger partial charge in [-0.15, -0.1) is 5.10 Å². The Morgan fingerprint density at radius 2 is 1.80 bits per heavy atom. The van der Waals surface area contributed by atoms with Crippen molar-refractivity contribution in [2.24, 2.45) is 0 Å². The molecule has 2 amide bonds. The number of anilines is 2. The van der Waals surface area contributed by atoms with Crippen LogP contribution in [-0.4, -0.2) is 15.8 Å². The third-order valence-corrected chi connectivity index (χ3v) is 3.63. The molecule has 0 spiro atoms. The Morgan fingerprint density at radius 3 is 2.48 bits per heavy atom. The molecule has 25 heavy (non-hydrogen) atoms. The lowest BCUT2D eigenvalue weighted by atomic mass is 10.2.